The highest BCUT2D eigenvalue weighted by Gasteiger charge is 2.37. The molecule has 1 rings (SSSR count). The zero-order valence-corrected chi connectivity index (χ0v) is 37.3. The number of aliphatic carboxylic acids is 1. The number of hydrogen-bond donors (Lipinski definition) is 6. The van der Waals surface area contributed by atoms with Crippen LogP contribution >= 0.6 is 0 Å². The molecular formula is C45H77N3O11. The van der Waals surface area contributed by atoms with Gasteiger partial charge in [0, 0.05) is 5.92 Å². The van der Waals surface area contributed by atoms with Crippen molar-refractivity contribution in [3.63, 3.8) is 0 Å². The molecule has 0 aliphatic heterocycles. The highest BCUT2D eigenvalue weighted by atomic mass is 16.6. The Kier molecular flexibility index (Phi) is 25.9. The maximum atomic E-state index is 14.0. The van der Waals surface area contributed by atoms with E-state index in [9.17, 15) is 39.3 Å². The van der Waals surface area contributed by atoms with Crippen LogP contribution in [0, 0.1) is 17.8 Å². The number of carboxylic acid groups (broad SMARTS) is 1. The molecule has 0 saturated carbocycles. The van der Waals surface area contributed by atoms with Crippen LogP contribution in [0.1, 0.15) is 151 Å². The number of carboxylic acids is 1. The summed E-state index contributed by atoms with van der Waals surface area (Å²) in [6.07, 6.45) is 8.27. The summed E-state index contributed by atoms with van der Waals surface area (Å²) in [4.78, 5) is 65.8. The minimum Gasteiger partial charge on any atom is -0.481 e. The first-order chi connectivity index (χ1) is 27.8. The molecule has 14 heteroatoms. The number of alkyl carbamates (subject to hydrolysis) is 1. The molecule has 0 aliphatic carbocycles. The van der Waals surface area contributed by atoms with E-state index < -0.39 is 83.7 Å². The fraction of sp³-hybridized carbons (Fsp3) is 0.756. The Morgan fingerprint density at radius 1 is 0.729 bits per heavy atom. The first kappa shape index (κ1) is 53.3. The second-order valence-electron chi connectivity index (χ2n) is 17.4. The largest absolute Gasteiger partial charge is 0.481 e. The number of esters is 1. The Hall–Kier alpha value is -3.75. The summed E-state index contributed by atoms with van der Waals surface area (Å²) in [5.74, 6) is -5.67. The van der Waals surface area contributed by atoms with Gasteiger partial charge in [0.25, 0.3) is 0 Å². The fourth-order valence-corrected chi connectivity index (χ4v) is 6.60. The van der Waals surface area contributed by atoms with Crippen molar-refractivity contribution >= 4 is 29.8 Å². The summed E-state index contributed by atoms with van der Waals surface area (Å²) < 4.78 is 17.2. The summed E-state index contributed by atoms with van der Waals surface area (Å²) in [5.41, 5.74) is -0.0180. The number of hydrogen-bond acceptors (Lipinski definition) is 10. The van der Waals surface area contributed by atoms with E-state index in [0.717, 1.165) is 31.2 Å². The monoisotopic (exact) mass is 836 g/mol. The van der Waals surface area contributed by atoms with E-state index in [0.29, 0.717) is 12.8 Å². The van der Waals surface area contributed by atoms with E-state index in [1.807, 2.05) is 44.2 Å². The normalized spacial score (nSPS) is 15.8. The van der Waals surface area contributed by atoms with Gasteiger partial charge in [-0.15, -0.1) is 0 Å². The molecule has 8 atom stereocenters. The third-order valence-corrected chi connectivity index (χ3v) is 10.2. The fourth-order valence-electron chi connectivity index (χ4n) is 6.60. The van der Waals surface area contributed by atoms with Crippen molar-refractivity contribution in [2.45, 2.75) is 194 Å². The van der Waals surface area contributed by atoms with E-state index in [-0.39, 0.29) is 25.6 Å². The van der Waals surface area contributed by atoms with Crippen molar-refractivity contribution in [1.29, 1.82) is 0 Å². The quantitative estimate of drug-likeness (QED) is 0.0350. The molecule has 0 aromatic heterocycles. The molecule has 0 bridgehead atoms. The van der Waals surface area contributed by atoms with Gasteiger partial charge in [-0.05, 0) is 65.4 Å². The van der Waals surface area contributed by atoms with Crippen molar-refractivity contribution in [3.8, 4) is 0 Å². The molecule has 0 radical (unpaired) electrons. The first-order valence-corrected chi connectivity index (χ1v) is 21.8. The number of benzene rings is 1. The molecule has 338 valence electrons. The number of carbonyl (C=O) groups is 5. The van der Waals surface area contributed by atoms with Crippen molar-refractivity contribution < 1.29 is 53.5 Å². The Labute approximate surface area is 353 Å². The molecule has 6 N–H and O–H groups in total. The molecule has 0 fully saturated rings. The smallest absolute Gasteiger partial charge is 0.408 e. The van der Waals surface area contributed by atoms with Gasteiger partial charge >= 0.3 is 18.0 Å². The maximum Gasteiger partial charge on any atom is 0.408 e. The predicted octanol–water partition coefficient (Wildman–Crippen LogP) is 6.82. The molecule has 59 heavy (non-hydrogen) atoms. The van der Waals surface area contributed by atoms with Gasteiger partial charge in [-0.3, -0.25) is 14.4 Å². The van der Waals surface area contributed by atoms with Gasteiger partial charge in [-0.25, -0.2) is 9.59 Å². The molecule has 14 nitrogen and oxygen atoms in total. The standard InChI is InChI=1S/C45H77N3O11/c1-10-11-12-13-14-15-16-17-18-19-23-26-37(31(4)39(50)32(5)42(53)54)58-43(55)36(29-57-28-34-24-21-20-22-25-34)46-41(52)38(33(6)49)48-40(51)35(27-30(2)3)47-44(56)59-45(7,8)9/h20-22,24-25,30-33,35-39,49-50H,10-19,23,26-29H2,1-9H3,(H,46,52)(H,47,56)(H,48,51)(H,53,54)/t31-,32+,33+,35-,36-,37+,38-,39+/m0/s1. The topological polar surface area (TPSA) is 210 Å². The lowest BCUT2D eigenvalue weighted by Gasteiger charge is -2.31. The van der Waals surface area contributed by atoms with Crippen LogP contribution in [0.25, 0.3) is 0 Å². The molecule has 0 saturated heterocycles. The predicted molar refractivity (Wildman–Crippen MR) is 227 cm³/mol. The summed E-state index contributed by atoms with van der Waals surface area (Å²) >= 11 is 0. The van der Waals surface area contributed by atoms with Crippen LogP contribution in [-0.4, -0.2) is 93.8 Å². The van der Waals surface area contributed by atoms with Crippen LogP contribution in [0.4, 0.5) is 4.79 Å². The Bertz CT molecular complexity index is 1370. The number of unbranched alkanes of at least 4 members (excludes halogenated alkanes) is 10. The van der Waals surface area contributed by atoms with Crippen molar-refractivity contribution in [2.24, 2.45) is 17.8 Å². The summed E-state index contributed by atoms with van der Waals surface area (Å²) in [6, 6.07) is 5.10. The average Bonchev–Trinajstić information content (AvgIpc) is 3.16. The van der Waals surface area contributed by atoms with Crippen molar-refractivity contribution in [2.75, 3.05) is 6.61 Å². The Morgan fingerprint density at radius 3 is 1.80 bits per heavy atom. The van der Waals surface area contributed by atoms with E-state index >= 15 is 0 Å². The van der Waals surface area contributed by atoms with E-state index in [4.69, 9.17) is 14.2 Å². The van der Waals surface area contributed by atoms with Crippen LogP contribution in [0.2, 0.25) is 0 Å². The number of rotatable bonds is 30. The van der Waals surface area contributed by atoms with Gasteiger partial charge in [0.1, 0.15) is 23.8 Å². The lowest BCUT2D eigenvalue weighted by Crippen LogP contribution is -2.60. The van der Waals surface area contributed by atoms with Crippen LogP contribution in [0.15, 0.2) is 30.3 Å². The molecule has 3 amide bonds. The minimum atomic E-state index is -1.55. The zero-order valence-electron chi connectivity index (χ0n) is 37.3. The van der Waals surface area contributed by atoms with Crippen molar-refractivity contribution in [3.05, 3.63) is 35.9 Å². The van der Waals surface area contributed by atoms with Crippen LogP contribution in [0.3, 0.4) is 0 Å². The van der Waals surface area contributed by atoms with Crippen molar-refractivity contribution in [1.82, 2.24) is 16.0 Å². The van der Waals surface area contributed by atoms with Crippen LogP contribution in [0.5, 0.6) is 0 Å². The van der Waals surface area contributed by atoms with E-state index in [2.05, 4.69) is 22.9 Å². The Morgan fingerprint density at radius 2 is 1.29 bits per heavy atom. The third-order valence-electron chi connectivity index (χ3n) is 10.2. The SMILES string of the molecule is CCCCCCCCCCCCC[C@@H](OC(=O)[C@H](COCc1ccccc1)NC(=O)[C@@H](NC(=O)[C@H](CC(C)C)NC(=O)OC(C)(C)C)[C@@H](C)O)[C@H](C)[C@@H](O)[C@@H](C)C(=O)O. The van der Waals surface area contributed by atoms with Gasteiger partial charge in [-0.2, -0.15) is 0 Å². The van der Waals surface area contributed by atoms with Crippen LogP contribution < -0.4 is 16.0 Å². The molecule has 0 spiro atoms. The molecule has 0 unspecified atom stereocenters. The lowest BCUT2D eigenvalue weighted by atomic mass is 9.87. The number of amides is 3. The van der Waals surface area contributed by atoms with Gasteiger partial charge < -0.3 is 45.5 Å². The number of aliphatic hydroxyl groups excluding tert-OH is 2. The molecule has 0 aliphatic rings. The van der Waals surface area contributed by atoms with E-state index in [1.54, 1.807) is 27.7 Å². The third kappa shape index (κ3) is 23.0. The molecule has 0 heterocycles. The van der Waals surface area contributed by atoms with Gasteiger partial charge in [0.15, 0.2) is 6.04 Å². The summed E-state index contributed by atoms with van der Waals surface area (Å²) in [6.45, 7) is 15.1. The highest BCUT2D eigenvalue weighted by molar-refractivity contribution is 5.93. The summed E-state index contributed by atoms with van der Waals surface area (Å²) in [7, 11) is 0. The average molecular weight is 836 g/mol. The highest BCUT2D eigenvalue weighted by Crippen LogP contribution is 2.25. The first-order valence-electron chi connectivity index (χ1n) is 21.8. The minimum absolute atomic E-state index is 0.0436. The second-order valence-corrected chi connectivity index (χ2v) is 17.4. The number of ether oxygens (including phenoxy) is 3. The van der Waals surface area contributed by atoms with E-state index in [1.165, 1.54) is 52.4 Å². The van der Waals surface area contributed by atoms with Crippen LogP contribution in [-0.2, 0) is 40.0 Å². The second kappa shape index (κ2) is 28.7. The number of carbonyl (C=O) groups excluding carboxylic acids is 4. The zero-order chi connectivity index (χ0) is 44.5. The lowest BCUT2D eigenvalue weighted by molar-refractivity contribution is -0.162. The van der Waals surface area contributed by atoms with Gasteiger partial charge in [-0.1, -0.05) is 122 Å². The van der Waals surface area contributed by atoms with Gasteiger partial charge in [0.2, 0.25) is 11.8 Å². The number of aliphatic hydroxyl groups is 2. The van der Waals surface area contributed by atoms with Gasteiger partial charge in [0.05, 0.1) is 31.3 Å². The molecule has 1 aromatic carbocycles. The maximum absolute atomic E-state index is 14.0. The Balaban J connectivity index is 3.23. The molecule has 1 aromatic rings. The summed E-state index contributed by atoms with van der Waals surface area (Å²) in [5, 5.41) is 39.0. The molecular weight excluding hydrogens is 759 g/mol. The number of nitrogens with one attached hydrogen (secondary N) is 3.